The van der Waals surface area contributed by atoms with Crippen molar-refractivity contribution in [2.24, 2.45) is 0 Å². The first kappa shape index (κ1) is 28.6. The Morgan fingerprint density at radius 2 is 1.07 bits per heavy atom. The lowest BCUT2D eigenvalue weighted by Crippen LogP contribution is -2.21. The van der Waals surface area contributed by atoms with Gasteiger partial charge >= 0.3 is 0 Å². The van der Waals surface area contributed by atoms with E-state index in [1.165, 1.54) is 109 Å². The third kappa shape index (κ3) is 25.6. The van der Waals surface area contributed by atoms with Gasteiger partial charge in [0.1, 0.15) is 6.10 Å². The second kappa shape index (κ2) is 25.7. The third-order valence-corrected chi connectivity index (χ3v) is 5.47. The van der Waals surface area contributed by atoms with E-state index in [-0.39, 0.29) is 0 Å². The van der Waals surface area contributed by atoms with Gasteiger partial charge in [0.2, 0.25) is 0 Å². The van der Waals surface area contributed by atoms with Gasteiger partial charge in [-0.1, -0.05) is 103 Å². The first-order valence-corrected chi connectivity index (χ1v) is 12.7. The fourth-order valence-electron chi connectivity index (χ4n) is 3.62. The lowest BCUT2D eigenvalue weighted by Gasteiger charge is -2.09. The molecule has 174 valence electrons. The molecule has 3 heteroatoms. The van der Waals surface area contributed by atoms with E-state index in [1.807, 2.05) is 0 Å². The van der Waals surface area contributed by atoms with E-state index < -0.39 is 6.10 Å². The Balaban J connectivity index is 3.09. The molecule has 29 heavy (non-hydrogen) atoms. The molecule has 0 aliphatic rings. The molecule has 0 rings (SSSR count). The molecule has 0 aliphatic carbocycles. The van der Waals surface area contributed by atoms with Gasteiger partial charge in [-0.05, 0) is 32.1 Å². The molecule has 0 aromatic carbocycles. The zero-order valence-electron chi connectivity index (χ0n) is 19.8. The number of rotatable bonds is 24. The largest absolute Gasteiger partial charge is 0.388 e. The Labute approximate surface area is 182 Å². The number of unbranched alkanes of at least 4 members (excludes halogenated alkanes) is 16. The van der Waals surface area contributed by atoms with Gasteiger partial charge in [-0.15, -0.1) is 0 Å². The Kier molecular flexibility index (Phi) is 25.3. The Morgan fingerprint density at radius 3 is 1.55 bits per heavy atom. The van der Waals surface area contributed by atoms with Gasteiger partial charge in [0, 0.05) is 13.7 Å². The van der Waals surface area contributed by atoms with Crippen LogP contribution < -0.4 is 0 Å². The molecular weight excluding hydrogens is 360 g/mol. The van der Waals surface area contributed by atoms with Crippen LogP contribution in [0.15, 0.2) is 12.2 Å². The summed E-state index contributed by atoms with van der Waals surface area (Å²) in [5.41, 5.74) is 0. The van der Waals surface area contributed by atoms with Crippen molar-refractivity contribution in [3.63, 3.8) is 0 Å². The van der Waals surface area contributed by atoms with Crippen molar-refractivity contribution < 1.29 is 14.6 Å². The lowest BCUT2D eigenvalue weighted by molar-refractivity contribution is -0.00684. The molecule has 3 nitrogen and oxygen atoms in total. The smallest absolute Gasteiger partial charge is 0.101 e. The maximum absolute atomic E-state index is 9.46. The number of hydrogen-bond acceptors (Lipinski definition) is 3. The van der Waals surface area contributed by atoms with Crippen LogP contribution in [0.25, 0.3) is 0 Å². The van der Waals surface area contributed by atoms with E-state index >= 15 is 0 Å². The summed E-state index contributed by atoms with van der Waals surface area (Å²) in [7, 11) is 1.60. The van der Waals surface area contributed by atoms with E-state index in [2.05, 4.69) is 19.1 Å². The average molecular weight is 413 g/mol. The maximum atomic E-state index is 9.46. The standard InChI is InChI=1S/C26H52O3/c1-3-4-5-6-7-8-9-10-11-12-13-14-15-16-17-18-19-20-21-22-23-29-25-26(27)24-28-2/h11-12,26-27H,3-10,13-25H2,1-2H3/b12-11-/t26-/m0/s1. The Hall–Kier alpha value is -0.380. The van der Waals surface area contributed by atoms with Crippen molar-refractivity contribution in [3.8, 4) is 0 Å². The van der Waals surface area contributed by atoms with E-state index in [1.54, 1.807) is 7.11 Å². The number of aliphatic hydroxyl groups excluding tert-OH is 1. The van der Waals surface area contributed by atoms with E-state index in [9.17, 15) is 5.11 Å². The van der Waals surface area contributed by atoms with E-state index in [0.717, 1.165) is 13.0 Å². The minimum absolute atomic E-state index is 0.357. The second-order valence-electron chi connectivity index (χ2n) is 8.54. The normalized spacial score (nSPS) is 12.8. The highest BCUT2D eigenvalue weighted by Gasteiger charge is 2.02. The molecule has 0 unspecified atom stereocenters. The molecule has 0 aliphatic heterocycles. The SMILES string of the molecule is CCCCCCCCC/C=C\CCCCCCCCCCCOC[C@@H](O)COC. The zero-order valence-corrected chi connectivity index (χ0v) is 19.8. The summed E-state index contributed by atoms with van der Waals surface area (Å²) < 4.78 is 10.3. The number of hydrogen-bond donors (Lipinski definition) is 1. The summed E-state index contributed by atoms with van der Waals surface area (Å²) in [5, 5.41) is 9.46. The highest BCUT2D eigenvalue weighted by atomic mass is 16.5. The highest BCUT2D eigenvalue weighted by molar-refractivity contribution is 4.81. The van der Waals surface area contributed by atoms with Crippen LogP contribution in [-0.2, 0) is 9.47 Å². The van der Waals surface area contributed by atoms with Crippen LogP contribution in [0.2, 0.25) is 0 Å². The van der Waals surface area contributed by atoms with Crippen molar-refractivity contribution in [2.45, 2.75) is 129 Å². The fourth-order valence-corrected chi connectivity index (χ4v) is 3.62. The highest BCUT2D eigenvalue weighted by Crippen LogP contribution is 2.12. The summed E-state index contributed by atoms with van der Waals surface area (Å²) >= 11 is 0. The summed E-state index contributed by atoms with van der Waals surface area (Å²) in [6.07, 6.45) is 28.7. The van der Waals surface area contributed by atoms with Gasteiger partial charge in [0.25, 0.3) is 0 Å². The lowest BCUT2D eigenvalue weighted by atomic mass is 10.1. The van der Waals surface area contributed by atoms with Crippen LogP contribution in [0, 0.1) is 0 Å². The molecular formula is C26H52O3. The van der Waals surface area contributed by atoms with Gasteiger partial charge in [0.15, 0.2) is 0 Å². The molecule has 0 aromatic heterocycles. The predicted octanol–water partition coefficient (Wildman–Crippen LogP) is 7.61. The van der Waals surface area contributed by atoms with Crippen molar-refractivity contribution >= 4 is 0 Å². The van der Waals surface area contributed by atoms with Crippen molar-refractivity contribution in [2.75, 3.05) is 26.9 Å². The molecule has 0 saturated carbocycles. The van der Waals surface area contributed by atoms with E-state index in [4.69, 9.17) is 9.47 Å². The fraction of sp³-hybridized carbons (Fsp3) is 0.923. The van der Waals surface area contributed by atoms with Gasteiger partial charge in [-0.3, -0.25) is 0 Å². The third-order valence-electron chi connectivity index (χ3n) is 5.47. The Bertz CT molecular complexity index is 317. The number of methoxy groups -OCH3 is 1. The van der Waals surface area contributed by atoms with Crippen molar-refractivity contribution in [1.82, 2.24) is 0 Å². The topological polar surface area (TPSA) is 38.7 Å². The summed E-state index contributed by atoms with van der Waals surface area (Å²) in [5.74, 6) is 0. The molecule has 1 N–H and O–H groups in total. The zero-order chi connectivity index (χ0) is 21.3. The number of ether oxygens (including phenoxy) is 2. The Morgan fingerprint density at radius 1 is 0.621 bits per heavy atom. The predicted molar refractivity (Wildman–Crippen MR) is 127 cm³/mol. The summed E-state index contributed by atoms with van der Waals surface area (Å²) in [4.78, 5) is 0. The molecule has 0 radical (unpaired) electrons. The van der Waals surface area contributed by atoms with E-state index in [0.29, 0.717) is 13.2 Å². The molecule has 0 amide bonds. The molecule has 0 fully saturated rings. The van der Waals surface area contributed by atoms with Crippen LogP contribution in [0.1, 0.15) is 122 Å². The molecule has 0 aromatic rings. The minimum atomic E-state index is -0.486. The number of aliphatic hydroxyl groups is 1. The van der Waals surface area contributed by atoms with Crippen LogP contribution >= 0.6 is 0 Å². The quantitative estimate of drug-likeness (QED) is 0.131. The van der Waals surface area contributed by atoms with Crippen LogP contribution in [0.4, 0.5) is 0 Å². The molecule has 0 heterocycles. The van der Waals surface area contributed by atoms with Crippen LogP contribution in [0.3, 0.4) is 0 Å². The van der Waals surface area contributed by atoms with Crippen molar-refractivity contribution in [1.29, 1.82) is 0 Å². The molecule has 0 bridgehead atoms. The molecule has 0 saturated heterocycles. The second-order valence-corrected chi connectivity index (χ2v) is 8.54. The number of allylic oxidation sites excluding steroid dienone is 2. The maximum Gasteiger partial charge on any atom is 0.101 e. The minimum Gasteiger partial charge on any atom is -0.388 e. The van der Waals surface area contributed by atoms with Gasteiger partial charge < -0.3 is 14.6 Å². The first-order valence-electron chi connectivity index (χ1n) is 12.7. The van der Waals surface area contributed by atoms with Gasteiger partial charge in [0.05, 0.1) is 13.2 Å². The molecule has 0 spiro atoms. The average Bonchev–Trinajstić information content (AvgIpc) is 2.72. The monoisotopic (exact) mass is 412 g/mol. The van der Waals surface area contributed by atoms with Crippen LogP contribution in [0.5, 0.6) is 0 Å². The summed E-state index contributed by atoms with van der Waals surface area (Å²) in [6, 6.07) is 0. The van der Waals surface area contributed by atoms with Gasteiger partial charge in [-0.25, -0.2) is 0 Å². The van der Waals surface area contributed by atoms with Crippen LogP contribution in [-0.4, -0.2) is 38.1 Å². The van der Waals surface area contributed by atoms with Crippen molar-refractivity contribution in [3.05, 3.63) is 12.2 Å². The summed E-state index contributed by atoms with van der Waals surface area (Å²) in [6.45, 7) is 3.79. The molecule has 1 atom stereocenters. The van der Waals surface area contributed by atoms with Gasteiger partial charge in [-0.2, -0.15) is 0 Å². The first-order chi connectivity index (χ1) is 14.3.